The highest BCUT2D eigenvalue weighted by atomic mass is 15.0. The molecule has 146 valence electrons. The number of rotatable bonds is 13. The van der Waals surface area contributed by atoms with Crippen molar-refractivity contribution in [2.24, 2.45) is 0 Å². The molecule has 0 aromatic carbocycles. The molecule has 2 nitrogen and oxygen atoms in total. The summed E-state index contributed by atoms with van der Waals surface area (Å²) in [6.07, 6.45) is 13.8. The topological polar surface area (TPSA) is 28.7 Å². The van der Waals surface area contributed by atoms with Crippen molar-refractivity contribution in [2.45, 2.75) is 130 Å². The van der Waals surface area contributed by atoms with E-state index < -0.39 is 0 Å². The number of aromatic nitrogens is 2. The monoisotopic (exact) mass is 348 g/mol. The molecular formula is C23H44N2. The zero-order chi connectivity index (χ0) is 18.9. The lowest BCUT2D eigenvalue weighted by molar-refractivity contribution is 0.399. The minimum absolute atomic E-state index is 0.160. The van der Waals surface area contributed by atoms with Crippen molar-refractivity contribution in [2.75, 3.05) is 0 Å². The Bertz CT molecular complexity index is 443. The van der Waals surface area contributed by atoms with Crippen LogP contribution in [-0.4, -0.2) is 9.97 Å². The van der Waals surface area contributed by atoms with Gasteiger partial charge in [0.05, 0.1) is 5.69 Å². The minimum atomic E-state index is 0.160. The van der Waals surface area contributed by atoms with Crippen molar-refractivity contribution in [3.8, 4) is 0 Å². The van der Waals surface area contributed by atoms with Gasteiger partial charge in [-0.05, 0) is 19.3 Å². The third-order valence-corrected chi connectivity index (χ3v) is 5.65. The fraction of sp³-hybridized carbons (Fsp3) is 0.870. The molecule has 0 aliphatic heterocycles. The van der Waals surface area contributed by atoms with Crippen LogP contribution in [0.25, 0.3) is 0 Å². The molecule has 0 saturated heterocycles. The fourth-order valence-electron chi connectivity index (χ4n) is 3.74. The Balaban J connectivity index is 3.08. The van der Waals surface area contributed by atoms with Crippen molar-refractivity contribution in [3.63, 3.8) is 0 Å². The predicted molar refractivity (Wildman–Crippen MR) is 112 cm³/mol. The van der Waals surface area contributed by atoms with Gasteiger partial charge in [0.1, 0.15) is 5.82 Å². The summed E-state index contributed by atoms with van der Waals surface area (Å²) < 4.78 is 0. The summed E-state index contributed by atoms with van der Waals surface area (Å²) in [5, 5.41) is 0. The summed E-state index contributed by atoms with van der Waals surface area (Å²) in [4.78, 5) is 8.91. The molecule has 0 saturated carbocycles. The quantitative estimate of drug-likeness (QED) is 0.368. The lowest BCUT2D eigenvalue weighted by atomic mass is 9.75. The van der Waals surface area contributed by atoms with Gasteiger partial charge < -0.3 is 4.98 Å². The van der Waals surface area contributed by atoms with Crippen LogP contribution >= 0.6 is 0 Å². The smallest absolute Gasteiger partial charge is 0.106 e. The molecule has 0 fully saturated rings. The van der Waals surface area contributed by atoms with Gasteiger partial charge in [-0.15, -0.1) is 0 Å². The molecule has 25 heavy (non-hydrogen) atoms. The van der Waals surface area contributed by atoms with Crippen LogP contribution in [0.15, 0.2) is 0 Å². The van der Waals surface area contributed by atoms with Gasteiger partial charge in [-0.3, -0.25) is 0 Å². The largest absolute Gasteiger partial charge is 0.345 e. The Morgan fingerprint density at radius 1 is 0.720 bits per heavy atom. The molecule has 0 unspecified atom stereocenters. The molecule has 0 radical (unpaired) electrons. The first-order valence-electron chi connectivity index (χ1n) is 10.9. The molecule has 1 rings (SSSR count). The molecule has 0 aliphatic rings. The number of aromatic amines is 1. The van der Waals surface area contributed by atoms with E-state index in [0.717, 1.165) is 6.42 Å². The molecule has 0 spiro atoms. The van der Waals surface area contributed by atoms with Crippen LogP contribution in [0.1, 0.15) is 130 Å². The number of unbranched alkanes of at least 4 members (excludes halogenated alkanes) is 5. The van der Waals surface area contributed by atoms with Crippen LogP contribution < -0.4 is 0 Å². The SMILES string of the molecule is CCCCCC(C)(C)c1nc(CCCC)[nH]c1C(C)(C)CCCCC. The highest BCUT2D eigenvalue weighted by Gasteiger charge is 2.33. The van der Waals surface area contributed by atoms with E-state index in [1.165, 1.54) is 81.4 Å². The van der Waals surface area contributed by atoms with Crippen LogP contribution in [0.3, 0.4) is 0 Å². The third kappa shape index (κ3) is 6.79. The second kappa shape index (κ2) is 10.4. The van der Waals surface area contributed by atoms with Crippen molar-refractivity contribution >= 4 is 0 Å². The summed E-state index contributed by atoms with van der Waals surface area (Å²) >= 11 is 0. The molecule has 1 N–H and O–H groups in total. The summed E-state index contributed by atoms with van der Waals surface area (Å²) in [6, 6.07) is 0. The van der Waals surface area contributed by atoms with Crippen LogP contribution in [0.4, 0.5) is 0 Å². The van der Waals surface area contributed by atoms with Crippen LogP contribution in [0, 0.1) is 0 Å². The van der Waals surface area contributed by atoms with Crippen molar-refractivity contribution in [3.05, 3.63) is 17.2 Å². The summed E-state index contributed by atoms with van der Waals surface area (Å²) in [6.45, 7) is 16.4. The Hall–Kier alpha value is -0.790. The molecular weight excluding hydrogens is 304 g/mol. The van der Waals surface area contributed by atoms with Gasteiger partial charge in [-0.2, -0.15) is 0 Å². The van der Waals surface area contributed by atoms with Gasteiger partial charge in [-0.25, -0.2) is 4.98 Å². The maximum Gasteiger partial charge on any atom is 0.106 e. The fourth-order valence-corrected chi connectivity index (χ4v) is 3.74. The van der Waals surface area contributed by atoms with E-state index in [1.807, 2.05) is 0 Å². The molecule has 0 bridgehead atoms. The van der Waals surface area contributed by atoms with E-state index >= 15 is 0 Å². The number of H-pyrrole nitrogens is 1. The van der Waals surface area contributed by atoms with E-state index in [4.69, 9.17) is 4.98 Å². The average Bonchev–Trinajstić information content (AvgIpc) is 2.99. The van der Waals surface area contributed by atoms with E-state index in [2.05, 4.69) is 53.5 Å². The second-order valence-electron chi connectivity index (χ2n) is 9.19. The lowest BCUT2D eigenvalue weighted by Gasteiger charge is -2.30. The lowest BCUT2D eigenvalue weighted by Crippen LogP contribution is -2.26. The molecule has 0 atom stereocenters. The Morgan fingerprint density at radius 3 is 1.76 bits per heavy atom. The molecule has 2 heteroatoms. The Kier molecular flexibility index (Phi) is 9.24. The van der Waals surface area contributed by atoms with E-state index in [1.54, 1.807) is 0 Å². The van der Waals surface area contributed by atoms with E-state index in [9.17, 15) is 0 Å². The number of hydrogen-bond donors (Lipinski definition) is 1. The maximum atomic E-state index is 5.14. The van der Waals surface area contributed by atoms with Gasteiger partial charge in [0.2, 0.25) is 0 Å². The van der Waals surface area contributed by atoms with E-state index in [-0.39, 0.29) is 10.8 Å². The van der Waals surface area contributed by atoms with Gasteiger partial charge in [0.15, 0.2) is 0 Å². The molecule has 1 aromatic rings. The van der Waals surface area contributed by atoms with Crippen LogP contribution in [0.2, 0.25) is 0 Å². The normalized spacial score (nSPS) is 12.8. The zero-order valence-corrected chi connectivity index (χ0v) is 18.2. The number of nitrogens with one attached hydrogen (secondary N) is 1. The van der Waals surface area contributed by atoms with Crippen LogP contribution in [0.5, 0.6) is 0 Å². The van der Waals surface area contributed by atoms with Crippen molar-refractivity contribution in [1.29, 1.82) is 0 Å². The zero-order valence-electron chi connectivity index (χ0n) is 18.2. The highest BCUT2D eigenvalue weighted by molar-refractivity contribution is 5.29. The summed E-state index contributed by atoms with van der Waals surface area (Å²) in [7, 11) is 0. The predicted octanol–water partition coefficient (Wildman–Crippen LogP) is 7.47. The number of nitrogens with zero attached hydrogens (tertiary/aromatic N) is 1. The standard InChI is InChI=1S/C23H44N2/c1-8-11-14-17-22(4,5)20-21(23(6,7)18-15-12-9-2)25-19(24-20)16-13-10-3/h8-18H2,1-7H3,(H,24,25). The number of aryl methyl sites for hydroxylation is 1. The van der Waals surface area contributed by atoms with Crippen molar-refractivity contribution < 1.29 is 0 Å². The first kappa shape index (κ1) is 22.3. The molecule has 0 amide bonds. The minimum Gasteiger partial charge on any atom is -0.345 e. The van der Waals surface area contributed by atoms with Gasteiger partial charge >= 0.3 is 0 Å². The maximum absolute atomic E-state index is 5.14. The van der Waals surface area contributed by atoms with Crippen molar-refractivity contribution in [1.82, 2.24) is 9.97 Å². The van der Waals surface area contributed by atoms with Gasteiger partial charge in [-0.1, -0.05) is 93.4 Å². The number of imidazole rings is 1. The highest BCUT2D eigenvalue weighted by Crippen LogP contribution is 2.38. The summed E-state index contributed by atoms with van der Waals surface area (Å²) in [5.41, 5.74) is 3.10. The van der Waals surface area contributed by atoms with Gasteiger partial charge in [0.25, 0.3) is 0 Å². The number of hydrogen-bond acceptors (Lipinski definition) is 1. The third-order valence-electron chi connectivity index (χ3n) is 5.65. The molecule has 0 aliphatic carbocycles. The first-order valence-corrected chi connectivity index (χ1v) is 10.9. The van der Waals surface area contributed by atoms with E-state index in [0.29, 0.717) is 0 Å². The Labute approximate surface area is 157 Å². The summed E-state index contributed by atoms with van der Waals surface area (Å²) in [5.74, 6) is 1.21. The second-order valence-corrected chi connectivity index (χ2v) is 9.19. The van der Waals surface area contributed by atoms with Crippen LogP contribution in [-0.2, 0) is 17.3 Å². The molecule has 1 aromatic heterocycles. The first-order chi connectivity index (χ1) is 11.8. The van der Waals surface area contributed by atoms with Gasteiger partial charge in [0, 0.05) is 22.9 Å². The molecule has 1 heterocycles. The average molecular weight is 349 g/mol. The Morgan fingerprint density at radius 2 is 1.24 bits per heavy atom.